The SMILES string of the molecule is C=C(C)COCCNc1cccnc1[N+](=O)[O-]. The molecule has 0 unspecified atom stereocenters. The van der Waals surface area contributed by atoms with Crippen LogP contribution in [0.1, 0.15) is 6.92 Å². The Hall–Kier alpha value is -1.95. The zero-order valence-corrected chi connectivity index (χ0v) is 9.68. The van der Waals surface area contributed by atoms with Crippen molar-refractivity contribution in [1.29, 1.82) is 0 Å². The van der Waals surface area contributed by atoms with E-state index in [1.807, 2.05) is 6.92 Å². The molecule has 0 fully saturated rings. The van der Waals surface area contributed by atoms with Crippen LogP contribution < -0.4 is 5.32 Å². The smallest absolute Gasteiger partial charge is 0.376 e. The zero-order chi connectivity index (χ0) is 12.7. The predicted octanol–water partition coefficient (Wildman–Crippen LogP) is 1.99. The van der Waals surface area contributed by atoms with Gasteiger partial charge >= 0.3 is 5.82 Å². The summed E-state index contributed by atoms with van der Waals surface area (Å²) in [5.41, 5.74) is 1.34. The van der Waals surface area contributed by atoms with Crippen LogP contribution in [-0.2, 0) is 4.74 Å². The van der Waals surface area contributed by atoms with E-state index in [4.69, 9.17) is 4.74 Å². The van der Waals surface area contributed by atoms with Gasteiger partial charge in [0, 0.05) is 6.54 Å². The van der Waals surface area contributed by atoms with Gasteiger partial charge in [0.2, 0.25) is 0 Å². The second kappa shape index (κ2) is 6.59. The number of nitrogens with one attached hydrogen (secondary N) is 1. The molecule has 1 N–H and O–H groups in total. The first-order chi connectivity index (χ1) is 8.11. The van der Waals surface area contributed by atoms with Crippen molar-refractivity contribution in [3.05, 3.63) is 40.6 Å². The van der Waals surface area contributed by atoms with Crippen LogP contribution in [0.15, 0.2) is 30.5 Å². The summed E-state index contributed by atoms with van der Waals surface area (Å²) < 4.78 is 5.26. The third kappa shape index (κ3) is 4.60. The summed E-state index contributed by atoms with van der Waals surface area (Å²) in [6, 6.07) is 3.26. The lowest BCUT2D eigenvalue weighted by molar-refractivity contribution is -0.388. The van der Waals surface area contributed by atoms with Crippen LogP contribution in [0.3, 0.4) is 0 Å². The molecule has 0 radical (unpaired) electrons. The van der Waals surface area contributed by atoms with Gasteiger partial charge in [0.15, 0.2) is 0 Å². The molecular weight excluding hydrogens is 222 g/mol. The molecule has 0 spiro atoms. The Labute approximate surface area is 99.5 Å². The fourth-order valence-corrected chi connectivity index (χ4v) is 1.18. The topological polar surface area (TPSA) is 77.3 Å². The number of aromatic nitrogens is 1. The van der Waals surface area contributed by atoms with Gasteiger partial charge in [-0.3, -0.25) is 0 Å². The highest BCUT2D eigenvalue weighted by Crippen LogP contribution is 2.19. The molecule has 0 aliphatic carbocycles. The first kappa shape index (κ1) is 13.1. The van der Waals surface area contributed by atoms with Crippen LogP contribution in [-0.4, -0.2) is 29.7 Å². The van der Waals surface area contributed by atoms with Gasteiger partial charge in [-0.15, -0.1) is 0 Å². The molecule has 0 amide bonds. The number of hydrogen-bond acceptors (Lipinski definition) is 5. The minimum atomic E-state index is -0.517. The van der Waals surface area contributed by atoms with E-state index in [9.17, 15) is 10.1 Å². The van der Waals surface area contributed by atoms with Gasteiger partial charge in [0.05, 0.1) is 13.2 Å². The molecule has 6 nitrogen and oxygen atoms in total. The van der Waals surface area contributed by atoms with Crippen molar-refractivity contribution in [1.82, 2.24) is 4.98 Å². The van der Waals surface area contributed by atoms with E-state index in [1.165, 1.54) is 6.20 Å². The second-order valence-electron chi connectivity index (χ2n) is 3.57. The van der Waals surface area contributed by atoms with E-state index < -0.39 is 4.92 Å². The van der Waals surface area contributed by atoms with Crippen molar-refractivity contribution in [2.75, 3.05) is 25.1 Å². The maximum atomic E-state index is 10.7. The van der Waals surface area contributed by atoms with Crippen LogP contribution in [0, 0.1) is 10.1 Å². The average molecular weight is 237 g/mol. The van der Waals surface area contributed by atoms with Gasteiger partial charge < -0.3 is 20.2 Å². The quantitative estimate of drug-likeness (QED) is 0.339. The predicted molar refractivity (Wildman–Crippen MR) is 65.0 cm³/mol. The van der Waals surface area contributed by atoms with Gasteiger partial charge in [-0.05, 0) is 29.0 Å². The molecule has 1 rings (SSSR count). The zero-order valence-electron chi connectivity index (χ0n) is 9.68. The van der Waals surface area contributed by atoms with Crippen molar-refractivity contribution >= 4 is 11.5 Å². The molecule has 0 saturated carbocycles. The first-order valence-corrected chi connectivity index (χ1v) is 5.16. The molecule has 0 aromatic carbocycles. The van der Waals surface area contributed by atoms with Crippen molar-refractivity contribution in [2.45, 2.75) is 6.92 Å². The maximum absolute atomic E-state index is 10.7. The fraction of sp³-hybridized carbons (Fsp3) is 0.364. The van der Waals surface area contributed by atoms with Gasteiger partial charge in [-0.2, -0.15) is 0 Å². The lowest BCUT2D eigenvalue weighted by Crippen LogP contribution is -2.11. The number of rotatable bonds is 7. The Kier molecular flexibility index (Phi) is 5.09. The molecule has 6 heteroatoms. The lowest BCUT2D eigenvalue weighted by Gasteiger charge is -2.07. The van der Waals surface area contributed by atoms with Crippen LogP contribution in [0.25, 0.3) is 0 Å². The molecule has 0 bridgehead atoms. The highest BCUT2D eigenvalue weighted by atomic mass is 16.6. The van der Waals surface area contributed by atoms with Crippen LogP contribution in [0.4, 0.5) is 11.5 Å². The Morgan fingerprint density at radius 2 is 2.47 bits per heavy atom. The van der Waals surface area contributed by atoms with E-state index in [0.717, 1.165) is 5.57 Å². The largest absolute Gasteiger partial charge is 0.386 e. The molecular formula is C11H15N3O3. The average Bonchev–Trinajstić information content (AvgIpc) is 2.28. The summed E-state index contributed by atoms with van der Waals surface area (Å²) in [5.74, 6) is -0.174. The fourth-order valence-electron chi connectivity index (χ4n) is 1.18. The highest BCUT2D eigenvalue weighted by Gasteiger charge is 2.12. The van der Waals surface area contributed by atoms with Crippen LogP contribution >= 0.6 is 0 Å². The Morgan fingerprint density at radius 3 is 3.12 bits per heavy atom. The van der Waals surface area contributed by atoms with Crippen molar-refractivity contribution in [2.24, 2.45) is 0 Å². The third-order valence-electron chi connectivity index (χ3n) is 1.87. The molecule has 1 aromatic heterocycles. The molecule has 0 aliphatic rings. The van der Waals surface area contributed by atoms with Crippen LogP contribution in [0.5, 0.6) is 0 Å². The van der Waals surface area contributed by atoms with Crippen molar-refractivity contribution < 1.29 is 9.66 Å². The Morgan fingerprint density at radius 1 is 1.71 bits per heavy atom. The van der Waals surface area contributed by atoms with Gasteiger partial charge in [0.25, 0.3) is 0 Å². The van der Waals surface area contributed by atoms with E-state index >= 15 is 0 Å². The number of anilines is 1. The number of nitrogens with zero attached hydrogens (tertiary/aromatic N) is 2. The van der Waals surface area contributed by atoms with Gasteiger partial charge in [0.1, 0.15) is 11.9 Å². The number of nitro groups is 1. The summed E-state index contributed by atoms with van der Waals surface area (Å²) in [5, 5.41) is 13.6. The Balaban J connectivity index is 2.41. The summed E-state index contributed by atoms with van der Waals surface area (Å²) in [6.45, 7) is 7.02. The number of hydrogen-bond donors (Lipinski definition) is 1. The minimum Gasteiger partial charge on any atom is -0.376 e. The molecule has 92 valence electrons. The third-order valence-corrected chi connectivity index (χ3v) is 1.87. The summed E-state index contributed by atoms with van der Waals surface area (Å²) >= 11 is 0. The standard InChI is InChI=1S/C11H15N3O3/c1-9(2)8-17-7-6-12-10-4-3-5-13-11(10)14(15)16/h3-5,12H,1,6-8H2,2H3. The Bertz CT molecular complexity index is 407. The van der Waals surface area contributed by atoms with Crippen LogP contribution in [0.2, 0.25) is 0 Å². The van der Waals surface area contributed by atoms with Crippen molar-refractivity contribution in [3.63, 3.8) is 0 Å². The van der Waals surface area contributed by atoms with E-state index in [0.29, 0.717) is 25.4 Å². The minimum absolute atomic E-state index is 0.174. The first-order valence-electron chi connectivity index (χ1n) is 5.16. The second-order valence-corrected chi connectivity index (χ2v) is 3.57. The van der Waals surface area contributed by atoms with E-state index in [-0.39, 0.29) is 5.82 Å². The number of ether oxygens (including phenoxy) is 1. The highest BCUT2D eigenvalue weighted by molar-refractivity contribution is 5.56. The summed E-state index contributed by atoms with van der Waals surface area (Å²) in [6.07, 6.45) is 1.39. The van der Waals surface area contributed by atoms with Gasteiger partial charge in [-0.1, -0.05) is 12.2 Å². The maximum Gasteiger partial charge on any atom is 0.386 e. The molecule has 0 aliphatic heterocycles. The molecule has 0 saturated heterocycles. The summed E-state index contributed by atoms with van der Waals surface area (Å²) in [4.78, 5) is 13.8. The van der Waals surface area contributed by atoms with E-state index in [2.05, 4.69) is 16.9 Å². The normalized spacial score (nSPS) is 9.94. The summed E-state index contributed by atoms with van der Waals surface area (Å²) in [7, 11) is 0. The molecule has 1 heterocycles. The number of pyridine rings is 1. The molecule has 0 atom stereocenters. The van der Waals surface area contributed by atoms with Crippen molar-refractivity contribution in [3.8, 4) is 0 Å². The molecule has 1 aromatic rings. The molecule has 17 heavy (non-hydrogen) atoms. The monoisotopic (exact) mass is 237 g/mol. The van der Waals surface area contributed by atoms with E-state index in [1.54, 1.807) is 12.1 Å². The lowest BCUT2D eigenvalue weighted by atomic mass is 10.4. The van der Waals surface area contributed by atoms with Gasteiger partial charge in [-0.25, -0.2) is 0 Å².